The molecule has 0 saturated heterocycles. The molecular weight excluding hydrogens is 236 g/mol. The summed E-state index contributed by atoms with van der Waals surface area (Å²) in [5, 5.41) is 2.92. The molecule has 2 rings (SSSR count). The molecule has 0 aliphatic heterocycles. The number of benzene rings is 2. The fourth-order valence-corrected chi connectivity index (χ4v) is 2.05. The number of hydrogen-bond donors (Lipinski definition) is 2. The molecule has 2 aromatic rings. The highest BCUT2D eigenvalue weighted by molar-refractivity contribution is 5.95. The summed E-state index contributed by atoms with van der Waals surface area (Å²) in [6.07, 6.45) is 0.769. The van der Waals surface area contributed by atoms with Crippen molar-refractivity contribution in [2.24, 2.45) is 0 Å². The van der Waals surface area contributed by atoms with Gasteiger partial charge < -0.3 is 11.1 Å². The van der Waals surface area contributed by atoms with E-state index in [0.29, 0.717) is 5.69 Å². The van der Waals surface area contributed by atoms with Crippen LogP contribution in [-0.4, -0.2) is 5.91 Å². The summed E-state index contributed by atoms with van der Waals surface area (Å²) in [6, 6.07) is 17.0. The molecule has 98 valence electrons. The zero-order valence-electron chi connectivity index (χ0n) is 11.0. The van der Waals surface area contributed by atoms with Gasteiger partial charge in [-0.05, 0) is 36.2 Å². The van der Waals surface area contributed by atoms with E-state index in [9.17, 15) is 4.79 Å². The van der Waals surface area contributed by atoms with E-state index in [1.165, 1.54) is 0 Å². The van der Waals surface area contributed by atoms with Crippen LogP contribution >= 0.6 is 0 Å². The maximum absolute atomic E-state index is 12.3. The third kappa shape index (κ3) is 3.35. The van der Waals surface area contributed by atoms with E-state index >= 15 is 0 Å². The van der Waals surface area contributed by atoms with E-state index < -0.39 is 0 Å². The van der Waals surface area contributed by atoms with Gasteiger partial charge in [0.2, 0.25) is 5.91 Å². The Balaban J connectivity index is 2.11. The molecule has 0 bridgehead atoms. The fraction of sp³-hybridized carbons (Fsp3) is 0.188. The minimum Gasteiger partial charge on any atom is -0.399 e. The van der Waals surface area contributed by atoms with Gasteiger partial charge in [-0.1, -0.05) is 37.3 Å². The van der Waals surface area contributed by atoms with Gasteiger partial charge in [0, 0.05) is 11.4 Å². The molecule has 1 atom stereocenters. The number of nitrogens with two attached hydrogens (primary N) is 1. The number of nitrogens with one attached hydrogen (secondary N) is 1. The summed E-state index contributed by atoms with van der Waals surface area (Å²) < 4.78 is 0. The SMILES string of the molecule is CCC(C(=O)Nc1ccc(N)cc1)c1ccccc1. The second-order valence-electron chi connectivity index (χ2n) is 4.48. The number of nitrogen functional groups attached to an aromatic ring is 1. The summed E-state index contributed by atoms with van der Waals surface area (Å²) in [6.45, 7) is 2.01. The smallest absolute Gasteiger partial charge is 0.231 e. The van der Waals surface area contributed by atoms with Crippen molar-refractivity contribution in [2.75, 3.05) is 11.1 Å². The van der Waals surface area contributed by atoms with Crippen molar-refractivity contribution in [1.82, 2.24) is 0 Å². The number of carbonyl (C=O) groups is 1. The molecule has 19 heavy (non-hydrogen) atoms. The molecule has 3 heteroatoms. The number of amides is 1. The van der Waals surface area contributed by atoms with Gasteiger partial charge in [0.1, 0.15) is 0 Å². The highest BCUT2D eigenvalue weighted by Gasteiger charge is 2.18. The molecule has 0 aliphatic rings. The summed E-state index contributed by atoms with van der Waals surface area (Å²) in [5.41, 5.74) is 8.12. The Morgan fingerprint density at radius 3 is 2.32 bits per heavy atom. The number of anilines is 2. The maximum Gasteiger partial charge on any atom is 0.231 e. The highest BCUT2D eigenvalue weighted by atomic mass is 16.1. The molecule has 0 aliphatic carbocycles. The van der Waals surface area contributed by atoms with Gasteiger partial charge in [-0.25, -0.2) is 0 Å². The Kier molecular flexibility index (Phi) is 4.18. The number of carbonyl (C=O) groups excluding carboxylic acids is 1. The number of hydrogen-bond acceptors (Lipinski definition) is 2. The first kappa shape index (κ1) is 13.1. The average molecular weight is 254 g/mol. The Hall–Kier alpha value is -2.29. The quantitative estimate of drug-likeness (QED) is 0.821. The Morgan fingerprint density at radius 1 is 1.11 bits per heavy atom. The molecule has 3 nitrogen and oxygen atoms in total. The van der Waals surface area contributed by atoms with Crippen molar-refractivity contribution >= 4 is 17.3 Å². The lowest BCUT2D eigenvalue weighted by Gasteiger charge is -2.15. The highest BCUT2D eigenvalue weighted by Crippen LogP contribution is 2.21. The molecule has 0 heterocycles. The van der Waals surface area contributed by atoms with Crippen LogP contribution in [0.1, 0.15) is 24.8 Å². The van der Waals surface area contributed by atoms with Crippen molar-refractivity contribution < 1.29 is 4.79 Å². The van der Waals surface area contributed by atoms with Crippen LogP contribution in [0.4, 0.5) is 11.4 Å². The van der Waals surface area contributed by atoms with E-state index in [2.05, 4.69) is 5.32 Å². The lowest BCUT2D eigenvalue weighted by Crippen LogP contribution is -2.20. The maximum atomic E-state index is 12.3. The second-order valence-corrected chi connectivity index (χ2v) is 4.48. The lowest BCUT2D eigenvalue weighted by atomic mass is 9.95. The molecular formula is C16H18N2O. The van der Waals surface area contributed by atoms with Crippen LogP contribution in [-0.2, 0) is 4.79 Å². The molecule has 0 saturated carbocycles. The van der Waals surface area contributed by atoms with Crippen LogP contribution in [0.3, 0.4) is 0 Å². The van der Waals surface area contributed by atoms with E-state index in [1.54, 1.807) is 12.1 Å². The first-order valence-electron chi connectivity index (χ1n) is 6.42. The van der Waals surface area contributed by atoms with Crippen LogP contribution in [0.15, 0.2) is 54.6 Å². The normalized spacial score (nSPS) is 11.8. The predicted molar refractivity (Wildman–Crippen MR) is 79.0 cm³/mol. The fourth-order valence-electron chi connectivity index (χ4n) is 2.05. The molecule has 2 aromatic carbocycles. The van der Waals surface area contributed by atoms with Crippen LogP contribution in [0.25, 0.3) is 0 Å². The third-order valence-corrected chi connectivity index (χ3v) is 3.10. The van der Waals surface area contributed by atoms with Crippen LogP contribution in [0.2, 0.25) is 0 Å². The minimum absolute atomic E-state index is 0.0125. The van der Waals surface area contributed by atoms with Crippen LogP contribution in [0.5, 0.6) is 0 Å². The Bertz CT molecular complexity index is 534. The van der Waals surface area contributed by atoms with Gasteiger partial charge in [-0.2, -0.15) is 0 Å². The molecule has 3 N–H and O–H groups in total. The van der Waals surface area contributed by atoms with E-state index in [0.717, 1.165) is 17.7 Å². The van der Waals surface area contributed by atoms with Crippen molar-refractivity contribution in [2.45, 2.75) is 19.3 Å². The topological polar surface area (TPSA) is 55.1 Å². The standard InChI is InChI=1S/C16H18N2O/c1-2-15(12-6-4-3-5-7-12)16(19)18-14-10-8-13(17)9-11-14/h3-11,15H,2,17H2,1H3,(H,18,19). The van der Waals surface area contributed by atoms with Gasteiger partial charge in [0.15, 0.2) is 0 Å². The van der Waals surface area contributed by atoms with Crippen molar-refractivity contribution in [3.63, 3.8) is 0 Å². The van der Waals surface area contributed by atoms with Crippen LogP contribution in [0, 0.1) is 0 Å². The number of rotatable bonds is 4. The molecule has 0 aromatic heterocycles. The first-order valence-corrected chi connectivity index (χ1v) is 6.42. The monoisotopic (exact) mass is 254 g/mol. The summed E-state index contributed by atoms with van der Waals surface area (Å²) in [7, 11) is 0. The Labute approximate surface area is 113 Å². The molecule has 1 unspecified atom stereocenters. The van der Waals surface area contributed by atoms with Gasteiger partial charge in [-0.3, -0.25) is 4.79 Å². The largest absolute Gasteiger partial charge is 0.399 e. The van der Waals surface area contributed by atoms with Crippen LogP contribution < -0.4 is 11.1 Å². The summed E-state index contributed by atoms with van der Waals surface area (Å²) in [5.74, 6) is -0.114. The van der Waals surface area contributed by atoms with Crippen molar-refractivity contribution in [3.05, 3.63) is 60.2 Å². The zero-order chi connectivity index (χ0) is 13.7. The van der Waals surface area contributed by atoms with Gasteiger partial charge in [-0.15, -0.1) is 0 Å². The van der Waals surface area contributed by atoms with Crippen molar-refractivity contribution in [3.8, 4) is 0 Å². The van der Waals surface area contributed by atoms with Gasteiger partial charge >= 0.3 is 0 Å². The van der Waals surface area contributed by atoms with E-state index in [-0.39, 0.29) is 11.8 Å². The van der Waals surface area contributed by atoms with Crippen molar-refractivity contribution in [1.29, 1.82) is 0 Å². The summed E-state index contributed by atoms with van der Waals surface area (Å²) >= 11 is 0. The minimum atomic E-state index is -0.126. The molecule has 0 fully saturated rings. The summed E-state index contributed by atoms with van der Waals surface area (Å²) in [4.78, 5) is 12.3. The predicted octanol–water partition coefficient (Wildman–Crippen LogP) is 3.40. The zero-order valence-corrected chi connectivity index (χ0v) is 11.0. The van der Waals surface area contributed by atoms with E-state index in [1.807, 2.05) is 49.4 Å². The van der Waals surface area contributed by atoms with Gasteiger partial charge in [0.25, 0.3) is 0 Å². The first-order chi connectivity index (χ1) is 9.20. The van der Waals surface area contributed by atoms with E-state index in [4.69, 9.17) is 5.73 Å². The molecule has 0 radical (unpaired) electrons. The van der Waals surface area contributed by atoms with Gasteiger partial charge in [0.05, 0.1) is 5.92 Å². The Morgan fingerprint density at radius 2 is 1.74 bits per heavy atom. The molecule has 1 amide bonds. The lowest BCUT2D eigenvalue weighted by molar-refractivity contribution is -0.117. The average Bonchev–Trinajstić information content (AvgIpc) is 2.43. The molecule has 0 spiro atoms. The third-order valence-electron chi connectivity index (χ3n) is 3.10. The second kappa shape index (κ2) is 6.05.